The van der Waals surface area contributed by atoms with E-state index in [9.17, 15) is 0 Å². The van der Waals surface area contributed by atoms with Gasteiger partial charge in [0.1, 0.15) is 0 Å². The number of thioether (sulfide) groups is 1. The Hall–Kier alpha value is -0.750. The molecule has 1 saturated carbocycles. The van der Waals surface area contributed by atoms with E-state index < -0.39 is 0 Å². The van der Waals surface area contributed by atoms with Gasteiger partial charge < -0.3 is 10.6 Å². The zero-order chi connectivity index (χ0) is 14.4. The number of aromatic nitrogens is 3. The Bertz CT molecular complexity index is 431. The van der Waals surface area contributed by atoms with Crippen molar-refractivity contribution >= 4 is 35.3 Å². The first-order valence-electron chi connectivity index (χ1n) is 7.24. The molecular weight excluding hydrogens is 294 g/mol. The lowest BCUT2D eigenvalue weighted by Crippen LogP contribution is -2.19. The zero-order valence-electron chi connectivity index (χ0n) is 12.0. The fourth-order valence-corrected chi connectivity index (χ4v) is 3.67. The van der Waals surface area contributed by atoms with Gasteiger partial charge in [-0.2, -0.15) is 26.7 Å². The first-order chi connectivity index (χ1) is 9.71. The maximum Gasteiger partial charge on any atom is 0.229 e. The summed E-state index contributed by atoms with van der Waals surface area (Å²) in [6.07, 6.45) is 4.61. The summed E-state index contributed by atoms with van der Waals surface area (Å²) in [7, 11) is 0. The smallest absolute Gasteiger partial charge is 0.229 e. The van der Waals surface area contributed by atoms with Crippen molar-refractivity contribution in [2.24, 2.45) is 0 Å². The van der Waals surface area contributed by atoms with E-state index in [0.717, 1.165) is 18.2 Å². The minimum atomic E-state index is 0.235. The minimum Gasteiger partial charge on any atom is -0.354 e. The number of nitrogens with zero attached hydrogens (tertiary/aromatic N) is 3. The lowest BCUT2D eigenvalue weighted by atomic mass is 10.2. The Balaban J connectivity index is 1.93. The average Bonchev–Trinajstić information content (AvgIpc) is 2.83. The van der Waals surface area contributed by atoms with Crippen molar-refractivity contribution in [2.75, 3.05) is 22.9 Å². The number of halogens is 1. The molecule has 20 heavy (non-hydrogen) atoms. The lowest BCUT2D eigenvalue weighted by molar-refractivity contribution is 0.743. The first-order valence-corrected chi connectivity index (χ1v) is 8.67. The molecule has 1 aromatic rings. The van der Waals surface area contributed by atoms with Crippen LogP contribution in [-0.4, -0.2) is 38.5 Å². The average molecular weight is 316 g/mol. The van der Waals surface area contributed by atoms with Crippen LogP contribution in [0.25, 0.3) is 0 Å². The van der Waals surface area contributed by atoms with Crippen LogP contribution in [0.15, 0.2) is 0 Å². The van der Waals surface area contributed by atoms with Crippen LogP contribution in [0.2, 0.25) is 5.28 Å². The summed E-state index contributed by atoms with van der Waals surface area (Å²) in [4.78, 5) is 12.6. The molecule has 1 aromatic heterocycles. The molecule has 0 saturated heterocycles. The molecule has 0 aliphatic heterocycles. The van der Waals surface area contributed by atoms with Gasteiger partial charge in [0.15, 0.2) is 0 Å². The van der Waals surface area contributed by atoms with Gasteiger partial charge in [-0.15, -0.1) is 0 Å². The van der Waals surface area contributed by atoms with Crippen molar-refractivity contribution in [1.29, 1.82) is 0 Å². The van der Waals surface area contributed by atoms with Crippen molar-refractivity contribution in [3.8, 4) is 0 Å². The molecule has 112 valence electrons. The predicted octanol–water partition coefficient (Wildman–Crippen LogP) is 3.43. The highest BCUT2D eigenvalue weighted by Gasteiger charge is 2.25. The van der Waals surface area contributed by atoms with Gasteiger partial charge in [-0.25, -0.2) is 0 Å². The summed E-state index contributed by atoms with van der Waals surface area (Å²) >= 11 is 7.99. The molecule has 0 aromatic carbocycles. The molecule has 1 heterocycles. The number of rotatable bonds is 7. The van der Waals surface area contributed by atoms with Crippen LogP contribution < -0.4 is 10.6 Å². The molecule has 2 unspecified atom stereocenters. The van der Waals surface area contributed by atoms with E-state index >= 15 is 0 Å². The van der Waals surface area contributed by atoms with Crippen LogP contribution >= 0.6 is 23.4 Å². The van der Waals surface area contributed by atoms with E-state index in [1.54, 1.807) is 0 Å². The van der Waals surface area contributed by atoms with Crippen LogP contribution in [0.3, 0.4) is 0 Å². The maximum absolute atomic E-state index is 5.95. The molecule has 5 nitrogen and oxygen atoms in total. The molecule has 0 bridgehead atoms. The van der Waals surface area contributed by atoms with E-state index in [1.165, 1.54) is 25.0 Å². The van der Waals surface area contributed by atoms with Crippen molar-refractivity contribution in [3.63, 3.8) is 0 Å². The van der Waals surface area contributed by atoms with Gasteiger partial charge in [-0.05, 0) is 43.0 Å². The van der Waals surface area contributed by atoms with Gasteiger partial charge in [0.25, 0.3) is 0 Å². The summed E-state index contributed by atoms with van der Waals surface area (Å²) < 4.78 is 0. The monoisotopic (exact) mass is 315 g/mol. The summed E-state index contributed by atoms with van der Waals surface area (Å²) in [6.45, 7) is 5.14. The van der Waals surface area contributed by atoms with E-state index in [2.05, 4.69) is 39.4 Å². The molecule has 1 aliphatic rings. The number of hydrogen-bond donors (Lipinski definition) is 2. The molecule has 1 aliphatic carbocycles. The molecule has 0 amide bonds. The quantitative estimate of drug-likeness (QED) is 0.803. The van der Waals surface area contributed by atoms with Crippen LogP contribution in [0, 0.1) is 0 Å². The van der Waals surface area contributed by atoms with Gasteiger partial charge in [0, 0.05) is 17.8 Å². The Kier molecular flexibility index (Phi) is 6.16. The molecule has 7 heteroatoms. The van der Waals surface area contributed by atoms with Crippen LogP contribution in [0.4, 0.5) is 11.9 Å². The molecule has 1 fully saturated rings. The van der Waals surface area contributed by atoms with Crippen molar-refractivity contribution < 1.29 is 0 Å². The van der Waals surface area contributed by atoms with Gasteiger partial charge in [-0.1, -0.05) is 13.8 Å². The minimum absolute atomic E-state index is 0.235. The molecule has 0 radical (unpaired) electrons. The van der Waals surface area contributed by atoms with Gasteiger partial charge in [0.2, 0.25) is 17.2 Å². The van der Waals surface area contributed by atoms with Crippen LogP contribution in [-0.2, 0) is 0 Å². The first kappa shape index (κ1) is 15.6. The second kappa shape index (κ2) is 7.88. The molecule has 2 atom stereocenters. The van der Waals surface area contributed by atoms with Crippen LogP contribution in [0.5, 0.6) is 0 Å². The highest BCUT2D eigenvalue weighted by molar-refractivity contribution is 7.99. The third kappa shape index (κ3) is 4.66. The number of nitrogens with one attached hydrogen (secondary N) is 2. The van der Waals surface area contributed by atoms with E-state index in [4.69, 9.17) is 11.6 Å². The maximum atomic E-state index is 5.95. The van der Waals surface area contributed by atoms with E-state index in [0.29, 0.717) is 17.9 Å². The van der Waals surface area contributed by atoms with Crippen molar-refractivity contribution in [1.82, 2.24) is 15.0 Å². The highest BCUT2D eigenvalue weighted by atomic mass is 35.5. The number of hydrogen-bond acceptors (Lipinski definition) is 6. The fraction of sp³-hybridized carbons (Fsp3) is 0.769. The molecule has 2 N–H and O–H groups in total. The third-order valence-corrected chi connectivity index (χ3v) is 4.66. The lowest BCUT2D eigenvalue weighted by Gasteiger charge is -2.13. The molecular formula is C13H22ClN5S. The normalized spacial score (nSPS) is 21.9. The predicted molar refractivity (Wildman–Crippen MR) is 86.8 cm³/mol. The Morgan fingerprint density at radius 2 is 2.00 bits per heavy atom. The topological polar surface area (TPSA) is 62.7 Å². The van der Waals surface area contributed by atoms with E-state index in [1.807, 2.05) is 11.8 Å². The summed E-state index contributed by atoms with van der Waals surface area (Å²) in [5, 5.41) is 7.52. The molecule has 0 spiro atoms. The SMILES string of the molecule is CCCNc1nc(Cl)nc(NC2CCC(SCC)C2)n1. The van der Waals surface area contributed by atoms with Gasteiger partial charge >= 0.3 is 0 Å². The Morgan fingerprint density at radius 3 is 2.75 bits per heavy atom. The van der Waals surface area contributed by atoms with Crippen molar-refractivity contribution in [2.45, 2.75) is 50.8 Å². The second-order valence-corrected chi connectivity index (χ2v) is 6.83. The van der Waals surface area contributed by atoms with Gasteiger partial charge in [-0.3, -0.25) is 0 Å². The van der Waals surface area contributed by atoms with Gasteiger partial charge in [0.05, 0.1) is 0 Å². The molecule has 2 rings (SSSR count). The Morgan fingerprint density at radius 1 is 1.20 bits per heavy atom. The van der Waals surface area contributed by atoms with E-state index in [-0.39, 0.29) is 5.28 Å². The fourth-order valence-electron chi connectivity index (χ4n) is 2.37. The second-order valence-electron chi connectivity index (χ2n) is 4.91. The third-order valence-electron chi connectivity index (χ3n) is 3.26. The zero-order valence-corrected chi connectivity index (χ0v) is 13.6. The number of anilines is 2. The summed E-state index contributed by atoms with van der Waals surface area (Å²) in [5.74, 6) is 2.31. The summed E-state index contributed by atoms with van der Waals surface area (Å²) in [5.41, 5.74) is 0. The highest BCUT2D eigenvalue weighted by Crippen LogP contribution is 2.31. The summed E-state index contributed by atoms with van der Waals surface area (Å²) in [6, 6.07) is 0.441. The van der Waals surface area contributed by atoms with Crippen molar-refractivity contribution in [3.05, 3.63) is 5.28 Å². The standard InChI is InChI=1S/C13H22ClN5S/c1-3-7-15-12-17-11(14)18-13(19-12)16-9-5-6-10(8-9)20-4-2/h9-10H,3-8H2,1-2H3,(H2,15,16,17,18,19). The van der Waals surface area contributed by atoms with Crippen LogP contribution in [0.1, 0.15) is 39.5 Å². The Labute approximate surface area is 129 Å². The largest absolute Gasteiger partial charge is 0.354 e.